The number of nitrogens with zero attached hydrogens (tertiary/aromatic N) is 2. The summed E-state index contributed by atoms with van der Waals surface area (Å²) >= 11 is 5.66. The van der Waals surface area contributed by atoms with Crippen LogP contribution in [0.15, 0.2) is 46.9 Å². The largest absolute Gasteiger partial charge is 0.421 e. The third-order valence-corrected chi connectivity index (χ3v) is 3.62. The lowest BCUT2D eigenvalue weighted by Gasteiger charge is -2.05. The van der Waals surface area contributed by atoms with Crippen molar-refractivity contribution >= 4 is 23.2 Å². The molecular formula is C17H12ClF2N3O2. The summed E-state index contributed by atoms with van der Waals surface area (Å²) in [5.41, 5.74) is 0.986. The number of amides is 1. The van der Waals surface area contributed by atoms with Crippen molar-refractivity contribution < 1.29 is 18.0 Å². The molecule has 0 atom stereocenters. The molecule has 0 fully saturated rings. The minimum Gasteiger partial charge on any atom is -0.421 e. The molecule has 0 radical (unpaired) electrons. The number of benzene rings is 2. The van der Waals surface area contributed by atoms with E-state index < -0.39 is 5.82 Å². The second-order valence-corrected chi connectivity index (χ2v) is 5.59. The Morgan fingerprint density at radius 3 is 2.60 bits per heavy atom. The number of nitrogens with one attached hydrogen (secondary N) is 1. The van der Waals surface area contributed by atoms with Crippen LogP contribution in [-0.4, -0.2) is 16.1 Å². The molecule has 0 unspecified atom stereocenters. The van der Waals surface area contributed by atoms with Gasteiger partial charge in [0.1, 0.15) is 11.6 Å². The summed E-state index contributed by atoms with van der Waals surface area (Å²) in [6.07, 6.45) is 0.328. The Bertz CT molecular complexity index is 897. The van der Waals surface area contributed by atoms with Crippen molar-refractivity contribution in [2.45, 2.75) is 12.8 Å². The van der Waals surface area contributed by atoms with Crippen LogP contribution >= 0.6 is 11.6 Å². The minimum atomic E-state index is -0.557. The fraction of sp³-hybridized carbons (Fsp3) is 0.118. The zero-order chi connectivity index (χ0) is 17.8. The summed E-state index contributed by atoms with van der Waals surface area (Å²) in [5, 5.41) is 10.3. The van der Waals surface area contributed by atoms with E-state index in [9.17, 15) is 13.6 Å². The number of anilines is 1. The molecule has 8 heteroatoms. The number of carbonyl (C=O) groups excluding carboxylic acids is 1. The molecule has 5 nitrogen and oxygen atoms in total. The van der Waals surface area contributed by atoms with Gasteiger partial charge in [-0.3, -0.25) is 4.79 Å². The van der Waals surface area contributed by atoms with Gasteiger partial charge in [-0.1, -0.05) is 11.6 Å². The molecule has 1 N–H and O–H groups in total. The van der Waals surface area contributed by atoms with Crippen LogP contribution < -0.4 is 5.32 Å². The number of hydrogen-bond donors (Lipinski definition) is 1. The minimum absolute atomic E-state index is 0.0707. The topological polar surface area (TPSA) is 68.0 Å². The van der Waals surface area contributed by atoms with Crippen molar-refractivity contribution in [3.63, 3.8) is 0 Å². The van der Waals surface area contributed by atoms with Crippen LogP contribution in [-0.2, 0) is 11.2 Å². The van der Waals surface area contributed by atoms with Gasteiger partial charge in [0.25, 0.3) is 0 Å². The van der Waals surface area contributed by atoms with Gasteiger partial charge in [0.05, 0.1) is 5.02 Å². The second kappa shape index (κ2) is 7.40. The number of carbonyl (C=O) groups is 1. The van der Waals surface area contributed by atoms with Crippen molar-refractivity contribution in [3.8, 4) is 11.5 Å². The molecule has 1 aromatic heterocycles. The molecule has 0 aliphatic carbocycles. The molecule has 0 aliphatic rings. The monoisotopic (exact) mass is 363 g/mol. The highest BCUT2D eigenvalue weighted by Gasteiger charge is 2.11. The molecule has 1 amide bonds. The molecule has 2 aromatic carbocycles. The van der Waals surface area contributed by atoms with Gasteiger partial charge < -0.3 is 9.73 Å². The number of aromatic nitrogens is 2. The first-order chi connectivity index (χ1) is 12.0. The van der Waals surface area contributed by atoms with Crippen LogP contribution in [0.25, 0.3) is 11.5 Å². The summed E-state index contributed by atoms with van der Waals surface area (Å²) < 4.78 is 31.4. The molecule has 1 heterocycles. The van der Waals surface area contributed by atoms with Gasteiger partial charge >= 0.3 is 0 Å². The third-order valence-electron chi connectivity index (χ3n) is 3.33. The van der Waals surface area contributed by atoms with E-state index in [2.05, 4.69) is 15.5 Å². The smallest absolute Gasteiger partial charge is 0.247 e. The highest BCUT2D eigenvalue weighted by molar-refractivity contribution is 6.31. The van der Waals surface area contributed by atoms with Crippen LogP contribution in [0.5, 0.6) is 0 Å². The molecule has 0 saturated heterocycles. The first kappa shape index (κ1) is 17.0. The molecule has 3 aromatic rings. The molecule has 3 rings (SSSR count). The van der Waals surface area contributed by atoms with E-state index in [0.29, 0.717) is 11.3 Å². The van der Waals surface area contributed by atoms with Crippen LogP contribution in [0, 0.1) is 11.6 Å². The van der Waals surface area contributed by atoms with E-state index in [0.717, 1.165) is 0 Å². The molecule has 0 saturated carbocycles. The standard InChI is InChI=1S/C17H12ClF2N3O2/c18-13-9-12(5-6-14(13)20)21-15(24)7-8-16-22-23-17(25-16)10-1-3-11(19)4-2-10/h1-6,9H,7-8H2,(H,21,24). The summed E-state index contributed by atoms with van der Waals surface area (Å²) in [4.78, 5) is 11.9. The Morgan fingerprint density at radius 1 is 1.12 bits per heavy atom. The Hall–Kier alpha value is -2.80. The van der Waals surface area contributed by atoms with E-state index in [4.69, 9.17) is 16.0 Å². The van der Waals surface area contributed by atoms with Crippen LogP contribution in [0.1, 0.15) is 12.3 Å². The fourth-order valence-electron chi connectivity index (χ4n) is 2.08. The Kier molecular flexibility index (Phi) is 5.04. The number of hydrogen-bond acceptors (Lipinski definition) is 4. The van der Waals surface area contributed by atoms with Gasteiger partial charge in [-0.15, -0.1) is 10.2 Å². The third kappa shape index (κ3) is 4.39. The second-order valence-electron chi connectivity index (χ2n) is 5.18. The highest BCUT2D eigenvalue weighted by atomic mass is 35.5. The van der Waals surface area contributed by atoms with Crippen LogP contribution in [0.2, 0.25) is 5.02 Å². The first-order valence-electron chi connectivity index (χ1n) is 7.34. The Balaban J connectivity index is 1.57. The first-order valence-corrected chi connectivity index (χ1v) is 7.72. The average Bonchev–Trinajstić information content (AvgIpc) is 3.06. The van der Waals surface area contributed by atoms with Gasteiger partial charge in [-0.25, -0.2) is 8.78 Å². The van der Waals surface area contributed by atoms with Gasteiger partial charge in [0.2, 0.25) is 17.7 Å². The van der Waals surface area contributed by atoms with Crippen molar-refractivity contribution in [3.05, 3.63) is 65.0 Å². The lowest BCUT2D eigenvalue weighted by atomic mass is 10.2. The molecule has 0 bridgehead atoms. The summed E-state index contributed by atoms with van der Waals surface area (Å²) in [6, 6.07) is 9.55. The number of rotatable bonds is 5. The van der Waals surface area contributed by atoms with Gasteiger partial charge in [-0.2, -0.15) is 0 Å². The quantitative estimate of drug-likeness (QED) is 0.736. The zero-order valence-corrected chi connectivity index (χ0v) is 13.6. The predicted molar refractivity (Wildman–Crippen MR) is 88.1 cm³/mol. The Labute approximate surface area is 146 Å². The number of aryl methyl sites for hydroxylation is 1. The van der Waals surface area contributed by atoms with E-state index in [1.54, 1.807) is 0 Å². The maximum atomic E-state index is 13.1. The SMILES string of the molecule is O=C(CCc1nnc(-c2ccc(F)cc2)o1)Nc1ccc(F)c(Cl)c1. The number of halogens is 3. The molecule has 0 aliphatic heterocycles. The van der Waals surface area contributed by atoms with Crippen molar-refractivity contribution in [2.75, 3.05) is 5.32 Å². The lowest BCUT2D eigenvalue weighted by Crippen LogP contribution is -2.12. The van der Waals surface area contributed by atoms with Crippen LogP contribution in [0.4, 0.5) is 14.5 Å². The zero-order valence-electron chi connectivity index (χ0n) is 12.8. The predicted octanol–water partition coefficient (Wildman–Crippen LogP) is 4.24. The average molecular weight is 364 g/mol. The van der Waals surface area contributed by atoms with E-state index in [1.165, 1.54) is 42.5 Å². The maximum absolute atomic E-state index is 13.1. The van der Waals surface area contributed by atoms with Gasteiger partial charge in [0, 0.05) is 24.1 Å². The van der Waals surface area contributed by atoms with Crippen molar-refractivity contribution in [2.24, 2.45) is 0 Å². The fourth-order valence-corrected chi connectivity index (χ4v) is 2.26. The Morgan fingerprint density at radius 2 is 1.88 bits per heavy atom. The lowest BCUT2D eigenvalue weighted by molar-refractivity contribution is -0.116. The normalized spacial score (nSPS) is 10.7. The maximum Gasteiger partial charge on any atom is 0.247 e. The highest BCUT2D eigenvalue weighted by Crippen LogP contribution is 2.20. The van der Waals surface area contributed by atoms with E-state index in [-0.39, 0.29) is 41.4 Å². The van der Waals surface area contributed by atoms with Gasteiger partial charge in [0.15, 0.2) is 0 Å². The van der Waals surface area contributed by atoms with Crippen LogP contribution in [0.3, 0.4) is 0 Å². The van der Waals surface area contributed by atoms with Crippen molar-refractivity contribution in [1.82, 2.24) is 10.2 Å². The molecule has 25 heavy (non-hydrogen) atoms. The summed E-state index contributed by atoms with van der Waals surface area (Å²) in [5.74, 6) is -0.684. The molecule has 128 valence electrons. The molecular weight excluding hydrogens is 352 g/mol. The van der Waals surface area contributed by atoms with E-state index >= 15 is 0 Å². The van der Waals surface area contributed by atoms with Crippen molar-refractivity contribution in [1.29, 1.82) is 0 Å². The summed E-state index contributed by atoms with van der Waals surface area (Å²) in [6.45, 7) is 0. The van der Waals surface area contributed by atoms with E-state index in [1.807, 2.05) is 0 Å². The van der Waals surface area contributed by atoms with Gasteiger partial charge in [-0.05, 0) is 42.5 Å². The summed E-state index contributed by atoms with van der Waals surface area (Å²) in [7, 11) is 0. The molecule has 0 spiro atoms.